The lowest BCUT2D eigenvalue weighted by Crippen LogP contribution is -2.50. The van der Waals surface area contributed by atoms with E-state index in [-0.39, 0.29) is 11.5 Å². The van der Waals surface area contributed by atoms with Gasteiger partial charge in [-0.3, -0.25) is 0 Å². The molecule has 0 aromatic heterocycles. The average molecular weight is 285 g/mol. The van der Waals surface area contributed by atoms with E-state index in [4.69, 9.17) is 9.84 Å². The molecule has 0 spiro atoms. The number of ether oxygens (including phenoxy) is 1. The molecule has 1 aromatic carbocycles. The lowest BCUT2D eigenvalue weighted by molar-refractivity contribution is -0.0640. The molecule has 0 atom stereocenters. The van der Waals surface area contributed by atoms with Gasteiger partial charge in [0.2, 0.25) is 10.0 Å². The van der Waals surface area contributed by atoms with Crippen molar-refractivity contribution in [2.24, 2.45) is 0 Å². The lowest BCUT2D eigenvalue weighted by Gasteiger charge is -2.37. The van der Waals surface area contributed by atoms with E-state index in [9.17, 15) is 8.42 Å². The summed E-state index contributed by atoms with van der Waals surface area (Å²) in [6.45, 7) is 4.78. The van der Waals surface area contributed by atoms with E-state index in [1.165, 1.54) is 16.4 Å². The van der Waals surface area contributed by atoms with Crippen LogP contribution in [0.5, 0.6) is 0 Å². The first-order valence-corrected chi connectivity index (χ1v) is 7.63. The SMILES string of the molecule is CC1(C)CN(S(=O)(=O)c2ccc(CO)cc2)CCO1. The molecule has 2 rings (SSSR count). The summed E-state index contributed by atoms with van der Waals surface area (Å²) in [4.78, 5) is 0.252. The predicted octanol–water partition coefficient (Wildman–Crippen LogP) is 0.978. The topological polar surface area (TPSA) is 66.8 Å². The molecule has 0 aliphatic carbocycles. The molecule has 6 heteroatoms. The van der Waals surface area contributed by atoms with Crippen LogP contribution in [-0.4, -0.2) is 43.1 Å². The first kappa shape index (κ1) is 14.5. The van der Waals surface area contributed by atoms with Crippen molar-refractivity contribution in [2.45, 2.75) is 31.0 Å². The monoisotopic (exact) mass is 285 g/mol. The highest BCUT2D eigenvalue weighted by Crippen LogP contribution is 2.23. The Labute approximate surface area is 113 Å². The van der Waals surface area contributed by atoms with Gasteiger partial charge in [0.1, 0.15) is 0 Å². The molecule has 1 N–H and O–H groups in total. The standard InChI is InChI=1S/C13H19NO4S/c1-13(2)10-14(7-8-18-13)19(16,17)12-5-3-11(9-15)4-6-12/h3-6,15H,7-10H2,1-2H3. The molecule has 0 bridgehead atoms. The number of sulfonamides is 1. The van der Waals surface area contributed by atoms with Gasteiger partial charge in [-0.2, -0.15) is 4.31 Å². The number of morpholine rings is 1. The van der Waals surface area contributed by atoms with Crippen LogP contribution in [0.2, 0.25) is 0 Å². The lowest BCUT2D eigenvalue weighted by atomic mass is 10.1. The second-order valence-electron chi connectivity index (χ2n) is 5.25. The zero-order valence-electron chi connectivity index (χ0n) is 11.2. The predicted molar refractivity (Wildman–Crippen MR) is 71.2 cm³/mol. The highest BCUT2D eigenvalue weighted by atomic mass is 32.2. The number of hydrogen-bond acceptors (Lipinski definition) is 4. The second-order valence-corrected chi connectivity index (χ2v) is 7.19. The van der Waals surface area contributed by atoms with Crippen molar-refractivity contribution in [2.75, 3.05) is 19.7 Å². The van der Waals surface area contributed by atoms with Crippen LogP contribution in [0.3, 0.4) is 0 Å². The highest BCUT2D eigenvalue weighted by molar-refractivity contribution is 7.89. The number of hydrogen-bond donors (Lipinski definition) is 1. The minimum absolute atomic E-state index is 0.0923. The van der Waals surface area contributed by atoms with Crippen LogP contribution in [-0.2, 0) is 21.4 Å². The number of rotatable bonds is 3. The Kier molecular flexibility index (Phi) is 3.96. The third-order valence-electron chi connectivity index (χ3n) is 3.13. The van der Waals surface area contributed by atoms with E-state index in [0.717, 1.165) is 0 Å². The summed E-state index contributed by atoms with van der Waals surface area (Å²) in [6.07, 6.45) is 0. The highest BCUT2D eigenvalue weighted by Gasteiger charge is 2.34. The summed E-state index contributed by atoms with van der Waals surface area (Å²) >= 11 is 0. The van der Waals surface area contributed by atoms with E-state index in [1.807, 2.05) is 13.8 Å². The van der Waals surface area contributed by atoms with Gasteiger partial charge in [0.05, 0.1) is 23.7 Å². The quantitative estimate of drug-likeness (QED) is 0.899. The Morgan fingerprint density at radius 1 is 1.32 bits per heavy atom. The minimum Gasteiger partial charge on any atom is -0.392 e. The molecule has 0 saturated carbocycles. The van der Waals surface area contributed by atoms with Gasteiger partial charge in [-0.05, 0) is 31.5 Å². The first-order valence-electron chi connectivity index (χ1n) is 6.19. The fourth-order valence-electron chi connectivity index (χ4n) is 2.09. The van der Waals surface area contributed by atoms with Crippen molar-refractivity contribution in [3.8, 4) is 0 Å². The molecule has 1 aromatic rings. The molecule has 106 valence electrons. The smallest absolute Gasteiger partial charge is 0.243 e. The molecule has 5 nitrogen and oxygen atoms in total. The fraction of sp³-hybridized carbons (Fsp3) is 0.538. The molecule has 0 radical (unpaired) electrons. The van der Waals surface area contributed by atoms with Crippen molar-refractivity contribution in [3.63, 3.8) is 0 Å². The fourth-order valence-corrected chi connectivity index (χ4v) is 3.67. The molecule has 1 aliphatic heterocycles. The van der Waals surface area contributed by atoms with Gasteiger partial charge >= 0.3 is 0 Å². The van der Waals surface area contributed by atoms with Crippen LogP contribution in [0.4, 0.5) is 0 Å². The van der Waals surface area contributed by atoms with Crippen molar-refractivity contribution in [1.29, 1.82) is 0 Å². The molecule has 0 amide bonds. The summed E-state index contributed by atoms with van der Waals surface area (Å²) in [5.41, 5.74) is 0.234. The Morgan fingerprint density at radius 3 is 2.47 bits per heavy atom. The van der Waals surface area contributed by atoms with Gasteiger partial charge in [0, 0.05) is 13.1 Å². The number of aliphatic hydroxyl groups is 1. The van der Waals surface area contributed by atoms with Gasteiger partial charge in [-0.25, -0.2) is 8.42 Å². The molecular formula is C13H19NO4S. The van der Waals surface area contributed by atoms with Gasteiger partial charge in [-0.1, -0.05) is 12.1 Å². The van der Waals surface area contributed by atoms with Crippen molar-refractivity contribution < 1.29 is 18.3 Å². The zero-order chi connectivity index (χ0) is 14.1. The Morgan fingerprint density at radius 2 is 1.95 bits per heavy atom. The van der Waals surface area contributed by atoms with Crippen molar-refractivity contribution >= 4 is 10.0 Å². The summed E-state index contributed by atoms with van der Waals surface area (Å²) < 4.78 is 31.9. The molecule has 19 heavy (non-hydrogen) atoms. The van der Waals surface area contributed by atoms with E-state index in [0.29, 0.717) is 25.3 Å². The second kappa shape index (κ2) is 5.20. The maximum Gasteiger partial charge on any atom is 0.243 e. The normalized spacial score (nSPS) is 20.4. The molecule has 1 heterocycles. The summed E-state index contributed by atoms with van der Waals surface area (Å²) in [5.74, 6) is 0. The maximum absolute atomic E-state index is 12.5. The molecular weight excluding hydrogens is 266 g/mol. The van der Waals surface area contributed by atoms with Crippen molar-refractivity contribution in [1.82, 2.24) is 4.31 Å². The molecule has 1 fully saturated rings. The summed E-state index contributed by atoms with van der Waals surface area (Å²) in [5, 5.41) is 8.97. The van der Waals surface area contributed by atoms with Gasteiger partial charge in [0.15, 0.2) is 0 Å². The number of nitrogens with zero attached hydrogens (tertiary/aromatic N) is 1. The summed E-state index contributed by atoms with van der Waals surface area (Å²) in [6, 6.07) is 6.31. The maximum atomic E-state index is 12.5. The summed E-state index contributed by atoms with van der Waals surface area (Å²) in [7, 11) is -3.49. The van der Waals surface area contributed by atoms with Crippen LogP contribution < -0.4 is 0 Å². The third kappa shape index (κ3) is 3.14. The van der Waals surface area contributed by atoms with E-state index < -0.39 is 15.6 Å². The van der Waals surface area contributed by atoms with Crippen LogP contribution in [0.1, 0.15) is 19.4 Å². The largest absolute Gasteiger partial charge is 0.392 e. The van der Waals surface area contributed by atoms with Crippen molar-refractivity contribution in [3.05, 3.63) is 29.8 Å². The number of benzene rings is 1. The third-order valence-corrected chi connectivity index (χ3v) is 4.99. The molecule has 1 aliphatic rings. The van der Waals surface area contributed by atoms with E-state index in [1.54, 1.807) is 12.1 Å². The zero-order valence-corrected chi connectivity index (χ0v) is 12.0. The molecule has 1 saturated heterocycles. The van der Waals surface area contributed by atoms with E-state index in [2.05, 4.69) is 0 Å². The van der Waals surface area contributed by atoms with Crippen LogP contribution in [0, 0.1) is 0 Å². The molecule has 0 unspecified atom stereocenters. The van der Waals surface area contributed by atoms with E-state index >= 15 is 0 Å². The Balaban J connectivity index is 2.26. The van der Waals surface area contributed by atoms with Gasteiger partial charge < -0.3 is 9.84 Å². The van der Waals surface area contributed by atoms with Crippen LogP contribution in [0.25, 0.3) is 0 Å². The van der Waals surface area contributed by atoms with Gasteiger partial charge in [0.25, 0.3) is 0 Å². The minimum atomic E-state index is -3.49. The van der Waals surface area contributed by atoms with Crippen LogP contribution >= 0.6 is 0 Å². The van der Waals surface area contributed by atoms with Gasteiger partial charge in [-0.15, -0.1) is 0 Å². The number of aliphatic hydroxyl groups excluding tert-OH is 1. The Bertz CT molecular complexity index is 536. The van der Waals surface area contributed by atoms with Crippen LogP contribution in [0.15, 0.2) is 29.2 Å². The average Bonchev–Trinajstić information content (AvgIpc) is 2.37. The first-order chi connectivity index (χ1) is 8.85. The Hall–Kier alpha value is -0.950.